The van der Waals surface area contributed by atoms with Crippen LogP contribution in [0.2, 0.25) is 0 Å². The molecule has 0 unspecified atom stereocenters. The highest BCUT2D eigenvalue weighted by Crippen LogP contribution is 2.35. The number of nitrogens with zero attached hydrogens (tertiary/aromatic N) is 1. The summed E-state index contributed by atoms with van der Waals surface area (Å²) in [5.41, 5.74) is -0.0718. The third-order valence-corrected chi connectivity index (χ3v) is 4.49. The number of ether oxygens (including phenoxy) is 3. The number of aromatic nitrogens is 1. The van der Waals surface area contributed by atoms with Crippen molar-refractivity contribution in [2.24, 2.45) is 0 Å². The van der Waals surface area contributed by atoms with Crippen LogP contribution in [0.15, 0.2) is 47.4 Å². The first-order chi connectivity index (χ1) is 14.2. The van der Waals surface area contributed by atoms with Gasteiger partial charge in [0.1, 0.15) is 11.3 Å². The molecule has 0 bridgehead atoms. The Morgan fingerprint density at radius 3 is 2.63 bits per heavy atom. The molecule has 0 saturated carbocycles. The van der Waals surface area contributed by atoms with Crippen LogP contribution in [-0.4, -0.2) is 23.6 Å². The van der Waals surface area contributed by atoms with E-state index in [1.54, 1.807) is 10.6 Å². The van der Waals surface area contributed by atoms with Crippen LogP contribution in [-0.2, 0) is 6.54 Å². The lowest BCUT2D eigenvalue weighted by Gasteiger charge is -2.13. The molecule has 0 saturated heterocycles. The van der Waals surface area contributed by atoms with E-state index in [4.69, 9.17) is 9.47 Å². The summed E-state index contributed by atoms with van der Waals surface area (Å²) >= 11 is 0. The maximum absolute atomic E-state index is 12.9. The third kappa shape index (κ3) is 3.76. The summed E-state index contributed by atoms with van der Waals surface area (Å²) in [6.45, 7) is 2.34. The van der Waals surface area contributed by atoms with Crippen LogP contribution in [0.1, 0.15) is 17.3 Å². The summed E-state index contributed by atoms with van der Waals surface area (Å²) in [6.07, 6.45) is -3.46. The van der Waals surface area contributed by atoms with Gasteiger partial charge in [-0.05, 0) is 25.1 Å². The highest BCUT2D eigenvalue weighted by atomic mass is 19.4. The normalized spacial score (nSPS) is 12.8. The van der Waals surface area contributed by atoms with Gasteiger partial charge >= 0.3 is 6.36 Å². The van der Waals surface area contributed by atoms with Crippen molar-refractivity contribution in [3.05, 3.63) is 58.4 Å². The Balaban J connectivity index is 1.70. The van der Waals surface area contributed by atoms with Crippen molar-refractivity contribution in [3.8, 4) is 17.2 Å². The Morgan fingerprint density at radius 2 is 1.93 bits per heavy atom. The molecule has 7 nitrogen and oxygen atoms in total. The number of hydrogen-bond acceptors (Lipinski definition) is 5. The van der Waals surface area contributed by atoms with Crippen LogP contribution in [0.5, 0.6) is 17.2 Å². The molecule has 1 aliphatic heterocycles. The second-order valence-corrected chi connectivity index (χ2v) is 6.41. The van der Waals surface area contributed by atoms with E-state index < -0.39 is 23.4 Å². The Morgan fingerprint density at radius 1 is 1.20 bits per heavy atom. The molecule has 0 radical (unpaired) electrons. The van der Waals surface area contributed by atoms with E-state index in [0.29, 0.717) is 23.6 Å². The van der Waals surface area contributed by atoms with Crippen molar-refractivity contribution >= 4 is 22.5 Å². The molecule has 10 heteroatoms. The standard InChI is InChI=1S/C20H15F3N2O5/c1-2-25-9-14(18(26)13-7-16-17(8-15(13)25)29-10-28-16)19(27)24-11-4-3-5-12(6-11)30-20(21,22)23/h3-9H,2,10H2,1H3,(H,24,27). The topological polar surface area (TPSA) is 78.8 Å². The van der Waals surface area contributed by atoms with E-state index in [-0.39, 0.29) is 23.4 Å². The second-order valence-electron chi connectivity index (χ2n) is 6.41. The lowest BCUT2D eigenvalue weighted by Crippen LogP contribution is -2.24. The summed E-state index contributed by atoms with van der Waals surface area (Å²) in [5.74, 6) is -0.344. The van der Waals surface area contributed by atoms with E-state index in [1.807, 2.05) is 6.92 Å². The molecule has 1 N–H and O–H groups in total. The zero-order chi connectivity index (χ0) is 21.5. The van der Waals surface area contributed by atoms with Crippen molar-refractivity contribution < 1.29 is 32.2 Å². The number of alkyl halides is 3. The lowest BCUT2D eigenvalue weighted by atomic mass is 10.1. The molecule has 4 rings (SSSR count). The van der Waals surface area contributed by atoms with Gasteiger partial charge in [0.05, 0.1) is 10.9 Å². The predicted octanol–water partition coefficient (Wildman–Crippen LogP) is 3.90. The van der Waals surface area contributed by atoms with E-state index in [2.05, 4.69) is 10.1 Å². The molecule has 1 amide bonds. The molecule has 1 aliphatic rings. The predicted molar refractivity (Wildman–Crippen MR) is 101 cm³/mol. The van der Waals surface area contributed by atoms with Gasteiger partial charge in [0.2, 0.25) is 12.2 Å². The maximum atomic E-state index is 12.9. The molecule has 0 fully saturated rings. The number of amides is 1. The molecular formula is C20H15F3N2O5. The molecule has 1 aromatic heterocycles. The Bertz CT molecular complexity index is 1200. The minimum atomic E-state index is -4.86. The quantitative estimate of drug-likeness (QED) is 0.693. The van der Waals surface area contributed by atoms with Gasteiger partial charge in [-0.3, -0.25) is 9.59 Å². The number of pyridine rings is 1. The zero-order valence-corrected chi connectivity index (χ0v) is 15.6. The van der Waals surface area contributed by atoms with Gasteiger partial charge in [-0.25, -0.2) is 0 Å². The molecule has 2 aromatic carbocycles. The largest absolute Gasteiger partial charge is 0.573 e. The summed E-state index contributed by atoms with van der Waals surface area (Å²) in [6, 6.07) is 7.98. The number of fused-ring (bicyclic) bond motifs is 2. The zero-order valence-electron chi connectivity index (χ0n) is 15.6. The Labute approximate surface area is 167 Å². The average molecular weight is 420 g/mol. The second kappa shape index (κ2) is 7.29. The number of benzene rings is 2. The number of hydrogen-bond donors (Lipinski definition) is 1. The fraction of sp³-hybridized carbons (Fsp3) is 0.200. The van der Waals surface area contributed by atoms with Crippen molar-refractivity contribution in [2.45, 2.75) is 19.8 Å². The lowest BCUT2D eigenvalue weighted by molar-refractivity contribution is -0.274. The highest BCUT2D eigenvalue weighted by Gasteiger charge is 2.31. The first kappa shape index (κ1) is 19.6. The maximum Gasteiger partial charge on any atom is 0.573 e. The number of anilines is 1. The third-order valence-electron chi connectivity index (χ3n) is 4.49. The summed E-state index contributed by atoms with van der Waals surface area (Å²) in [5, 5.41) is 2.70. The monoisotopic (exact) mass is 420 g/mol. The van der Waals surface area contributed by atoms with Crippen LogP contribution < -0.4 is 25.0 Å². The molecule has 0 atom stereocenters. The average Bonchev–Trinajstić information content (AvgIpc) is 3.13. The van der Waals surface area contributed by atoms with E-state index in [1.165, 1.54) is 24.4 Å². The molecule has 0 spiro atoms. The van der Waals surface area contributed by atoms with Gasteiger partial charge in [-0.2, -0.15) is 0 Å². The van der Waals surface area contributed by atoms with Crippen LogP contribution in [0.25, 0.3) is 10.9 Å². The molecule has 0 aliphatic carbocycles. The van der Waals surface area contributed by atoms with Gasteiger partial charge < -0.3 is 24.1 Å². The number of carbonyl (C=O) groups is 1. The van der Waals surface area contributed by atoms with Crippen molar-refractivity contribution in [3.63, 3.8) is 0 Å². The van der Waals surface area contributed by atoms with Crippen LogP contribution in [0.3, 0.4) is 0 Å². The number of carbonyl (C=O) groups excluding carboxylic acids is 1. The van der Waals surface area contributed by atoms with Gasteiger partial charge in [-0.1, -0.05) is 6.07 Å². The minimum absolute atomic E-state index is 0.0374. The molecule has 2 heterocycles. The van der Waals surface area contributed by atoms with E-state index in [9.17, 15) is 22.8 Å². The molecule has 156 valence electrons. The molecular weight excluding hydrogens is 405 g/mol. The molecule has 30 heavy (non-hydrogen) atoms. The molecule has 3 aromatic rings. The van der Waals surface area contributed by atoms with Gasteiger partial charge in [0, 0.05) is 30.6 Å². The Hall–Kier alpha value is -3.69. The minimum Gasteiger partial charge on any atom is -0.454 e. The van der Waals surface area contributed by atoms with Crippen LogP contribution in [0, 0.1) is 0 Å². The van der Waals surface area contributed by atoms with Gasteiger partial charge in [-0.15, -0.1) is 13.2 Å². The summed E-state index contributed by atoms with van der Waals surface area (Å²) in [7, 11) is 0. The van der Waals surface area contributed by atoms with Crippen LogP contribution in [0.4, 0.5) is 18.9 Å². The summed E-state index contributed by atoms with van der Waals surface area (Å²) in [4.78, 5) is 25.7. The Kier molecular flexibility index (Phi) is 4.76. The number of nitrogens with one attached hydrogen (secondary N) is 1. The van der Waals surface area contributed by atoms with Crippen LogP contribution >= 0.6 is 0 Å². The number of halogens is 3. The van der Waals surface area contributed by atoms with Crippen molar-refractivity contribution in [2.75, 3.05) is 12.1 Å². The number of rotatable bonds is 4. The summed E-state index contributed by atoms with van der Waals surface area (Å²) < 4.78 is 53.4. The van der Waals surface area contributed by atoms with Gasteiger partial charge in [0.25, 0.3) is 5.91 Å². The number of aryl methyl sites for hydroxylation is 1. The van der Waals surface area contributed by atoms with Crippen molar-refractivity contribution in [1.29, 1.82) is 0 Å². The smallest absolute Gasteiger partial charge is 0.454 e. The van der Waals surface area contributed by atoms with E-state index in [0.717, 1.165) is 12.1 Å². The SMILES string of the molecule is CCn1cc(C(=O)Nc2cccc(OC(F)(F)F)c2)c(=O)c2cc3c(cc21)OCO3. The first-order valence-corrected chi connectivity index (χ1v) is 8.89. The first-order valence-electron chi connectivity index (χ1n) is 8.89. The fourth-order valence-electron chi connectivity index (χ4n) is 3.17. The highest BCUT2D eigenvalue weighted by molar-refractivity contribution is 6.06. The van der Waals surface area contributed by atoms with Crippen molar-refractivity contribution in [1.82, 2.24) is 4.57 Å². The fourth-order valence-corrected chi connectivity index (χ4v) is 3.17. The van der Waals surface area contributed by atoms with Gasteiger partial charge in [0.15, 0.2) is 11.5 Å². The van der Waals surface area contributed by atoms with E-state index >= 15 is 0 Å².